The van der Waals surface area contributed by atoms with Crippen molar-refractivity contribution in [3.63, 3.8) is 0 Å². The fourth-order valence-corrected chi connectivity index (χ4v) is 4.85. The summed E-state index contributed by atoms with van der Waals surface area (Å²) < 4.78 is 0. The van der Waals surface area contributed by atoms with E-state index in [9.17, 15) is 19.5 Å². The molecule has 0 aliphatic rings. The molecule has 3 aromatic carbocycles. The molecule has 0 radical (unpaired) electrons. The van der Waals surface area contributed by atoms with Crippen LogP contribution in [0.1, 0.15) is 45.2 Å². The Kier molecular flexibility index (Phi) is 11.9. The monoisotopic (exact) mass is 600 g/mol. The van der Waals surface area contributed by atoms with Crippen LogP contribution >= 0.6 is 0 Å². The van der Waals surface area contributed by atoms with E-state index in [0.717, 1.165) is 21.9 Å². The van der Waals surface area contributed by atoms with Crippen LogP contribution in [0.4, 0.5) is 0 Å². The zero-order chi connectivity index (χ0) is 32.5. The standard InChI is InChI=1S/C36H48N4O4/c1-35(2,25-41)24-38-33(43)30(22-26-13-8-7-9-14-26)40(6)34(44)31(39(5)32(42)17-12-20-36(3,4)37)23-27-18-19-28-15-10-11-16-29(28)21-27/h7-19,21,30-31,41H,20,22-25,37H2,1-6H3,(H,38,43)/t30-,31-/m1/s1. The number of hydrogen-bond donors (Lipinski definition) is 3. The maximum atomic E-state index is 14.4. The summed E-state index contributed by atoms with van der Waals surface area (Å²) in [6.45, 7) is 7.62. The van der Waals surface area contributed by atoms with Crippen molar-refractivity contribution < 1.29 is 19.5 Å². The molecule has 0 spiro atoms. The number of carbonyl (C=O) groups is 3. The van der Waals surface area contributed by atoms with E-state index in [0.29, 0.717) is 12.8 Å². The first-order valence-corrected chi connectivity index (χ1v) is 15.1. The Bertz CT molecular complexity index is 1450. The van der Waals surface area contributed by atoms with E-state index in [4.69, 9.17) is 5.73 Å². The van der Waals surface area contributed by atoms with Crippen LogP contribution in [0.5, 0.6) is 0 Å². The molecule has 0 heterocycles. The van der Waals surface area contributed by atoms with Gasteiger partial charge in [-0.1, -0.05) is 92.7 Å². The van der Waals surface area contributed by atoms with Crippen LogP contribution < -0.4 is 11.1 Å². The third kappa shape index (κ3) is 10.0. The zero-order valence-electron chi connectivity index (χ0n) is 26.9. The fourth-order valence-electron chi connectivity index (χ4n) is 4.85. The van der Waals surface area contributed by atoms with E-state index in [-0.39, 0.29) is 37.3 Å². The predicted molar refractivity (Wildman–Crippen MR) is 177 cm³/mol. The number of fused-ring (bicyclic) bond motifs is 1. The Morgan fingerprint density at radius 2 is 1.45 bits per heavy atom. The third-order valence-corrected chi connectivity index (χ3v) is 7.81. The molecule has 236 valence electrons. The highest BCUT2D eigenvalue weighted by Crippen LogP contribution is 2.20. The number of aliphatic hydroxyl groups is 1. The summed E-state index contributed by atoms with van der Waals surface area (Å²) >= 11 is 0. The van der Waals surface area contributed by atoms with Gasteiger partial charge in [-0.2, -0.15) is 0 Å². The van der Waals surface area contributed by atoms with E-state index in [2.05, 4.69) is 5.32 Å². The molecule has 0 saturated heterocycles. The Balaban J connectivity index is 1.96. The van der Waals surface area contributed by atoms with Crippen molar-refractivity contribution >= 4 is 28.5 Å². The molecular weight excluding hydrogens is 552 g/mol. The van der Waals surface area contributed by atoms with Crippen molar-refractivity contribution in [3.05, 3.63) is 96.1 Å². The molecule has 8 nitrogen and oxygen atoms in total. The van der Waals surface area contributed by atoms with Crippen molar-refractivity contribution in [3.8, 4) is 0 Å². The molecule has 0 unspecified atom stereocenters. The second kappa shape index (κ2) is 15.1. The number of rotatable bonds is 14. The number of hydrogen-bond acceptors (Lipinski definition) is 5. The molecule has 0 saturated carbocycles. The summed E-state index contributed by atoms with van der Waals surface area (Å²) in [6.07, 6.45) is 4.25. The lowest BCUT2D eigenvalue weighted by atomic mass is 9.94. The topological polar surface area (TPSA) is 116 Å². The Morgan fingerprint density at radius 1 is 0.841 bits per heavy atom. The number of nitrogens with one attached hydrogen (secondary N) is 1. The lowest BCUT2D eigenvalue weighted by molar-refractivity contribution is -0.146. The Hall–Kier alpha value is -4.01. The van der Waals surface area contributed by atoms with Crippen molar-refractivity contribution in [1.82, 2.24) is 15.1 Å². The second-order valence-corrected chi connectivity index (χ2v) is 13.1. The molecule has 0 fully saturated rings. The maximum absolute atomic E-state index is 14.4. The molecule has 0 aromatic heterocycles. The smallest absolute Gasteiger partial charge is 0.246 e. The number of nitrogens with two attached hydrogens (primary N) is 1. The summed E-state index contributed by atoms with van der Waals surface area (Å²) in [5.74, 6) is -0.996. The van der Waals surface area contributed by atoms with Crippen LogP contribution in [0.2, 0.25) is 0 Å². The third-order valence-electron chi connectivity index (χ3n) is 7.81. The van der Waals surface area contributed by atoms with Gasteiger partial charge in [0.05, 0.1) is 0 Å². The molecular formula is C36H48N4O4. The molecule has 3 amide bonds. The highest BCUT2D eigenvalue weighted by atomic mass is 16.3. The van der Waals surface area contributed by atoms with E-state index >= 15 is 0 Å². The molecule has 4 N–H and O–H groups in total. The van der Waals surface area contributed by atoms with Crippen LogP contribution in [0.15, 0.2) is 84.9 Å². The summed E-state index contributed by atoms with van der Waals surface area (Å²) in [6, 6.07) is 21.8. The largest absolute Gasteiger partial charge is 0.396 e. The zero-order valence-corrected chi connectivity index (χ0v) is 26.9. The first kappa shape index (κ1) is 34.5. The van der Waals surface area contributed by atoms with E-state index in [1.54, 1.807) is 20.2 Å². The van der Waals surface area contributed by atoms with E-state index in [1.165, 1.54) is 15.9 Å². The van der Waals surface area contributed by atoms with Crippen LogP contribution in [-0.4, -0.2) is 77.5 Å². The van der Waals surface area contributed by atoms with Crippen molar-refractivity contribution in [2.24, 2.45) is 11.1 Å². The molecule has 0 bridgehead atoms. The number of carbonyl (C=O) groups excluding carboxylic acids is 3. The van der Waals surface area contributed by atoms with Gasteiger partial charge in [-0.3, -0.25) is 14.4 Å². The quantitative estimate of drug-likeness (QED) is 0.241. The minimum Gasteiger partial charge on any atom is -0.396 e. The molecule has 0 aliphatic carbocycles. The first-order valence-electron chi connectivity index (χ1n) is 15.1. The van der Waals surface area contributed by atoms with Gasteiger partial charge in [0.15, 0.2) is 0 Å². The number of aliphatic hydroxyl groups excluding tert-OH is 1. The van der Waals surface area contributed by atoms with Gasteiger partial charge >= 0.3 is 0 Å². The van der Waals surface area contributed by atoms with Gasteiger partial charge in [-0.05, 0) is 48.2 Å². The van der Waals surface area contributed by atoms with Crippen molar-refractivity contribution in [2.45, 2.75) is 64.6 Å². The molecule has 3 aromatic rings. The maximum Gasteiger partial charge on any atom is 0.246 e. The number of likely N-dealkylation sites (N-methyl/N-ethyl adjacent to an activating group) is 2. The van der Waals surface area contributed by atoms with Crippen molar-refractivity contribution in [2.75, 3.05) is 27.2 Å². The van der Waals surface area contributed by atoms with Gasteiger partial charge in [0, 0.05) is 51.0 Å². The molecule has 8 heteroatoms. The van der Waals surface area contributed by atoms with Gasteiger partial charge in [-0.25, -0.2) is 0 Å². The lowest BCUT2D eigenvalue weighted by Crippen LogP contribution is -2.56. The number of nitrogens with zero attached hydrogens (tertiary/aromatic N) is 2. The number of amides is 3. The molecule has 0 aliphatic heterocycles. The predicted octanol–water partition coefficient (Wildman–Crippen LogP) is 4.10. The Morgan fingerprint density at radius 3 is 2.09 bits per heavy atom. The van der Waals surface area contributed by atoms with Gasteiger partial charge < -0.3 is 26.0 Å². The fraction of sp³-hybridized carbons (Fsp3) is 0.417. The van der Waals surface area contributed by atoms with Gasteiger partial charge in [0.1, 0.15) is 12.1 Å². The molecule has 44 heavy (non-hydrogen) atoms. The average Bonchev–Trinajstić information content (AvgIpc) is 3.00. The minimum absolute atomic E-state index is 0.0962. The van der Waals surface area contributed by atoms with Gasteiger partial charge in [-0.15, -0.1) is 0 Å². The minimum atomic E-state index is -0.871. The lowest BCUT2D eigenvalue weighted by Gasteiger charge is -2.35. The van der Waals surface area contributed by atoms with E-state index < -0.39 is 23.0 Å². The van der Waals surface area contributed by atoms with Crippen LogP contribution in [0.25, 0.3) is 10.8 Å². The first-order chi connectivity index (χ1) is 20.7. The second-order valence-electron chi connectivity index (χ2n) is 13.1. The van der Waals surface area contributed by atoms with Crippen LogP contribution in [0, 0.1) is 5.41 Å². The summed E-state index contributed by atoms with van der Waals surface area (Å²) in [4.78, 5) is 44.2. The van der Waals surface area contributed by atoms with Crippen LogP contribution in [0.3, 0.4) is 0 Å². The highest BCUT2D eigenvalue weighted by molar-refractivity contribution is 5.95. The molecule has 2 atom stereocenters. The summed E-state index contributed by atoms with van der Waals surface area (Å²) in [7, 11) is 3.24. The molecule has 3 rings (SSSR count). The average molecular weight is 601 g/mol. The van der Waals surface area contributed by atoms with E-state index in [1.807, 2.05) is 100 Å². The van der Waals surface area contributed by atoms with Gasteiger partial charge in [0.25, 0.3) is 0 Å². The highest BCUT2D eigenvalue weighted by Gasteiger charge is 2.35. The summed E-state index contributed by atoms with van der Waals surface area (Å²) in [5.41, 5.74) is 6.89. The van der Waals surface area contributed by atoms with Crippen LogP contribution in [-0.2, 0) is 27.2 Å². The Labute approximate surface area is 261 Å². The summed E-state index contributed by atoms with van der Waals surface area (Å²) in [5, 5.41) is 14.8. The van der Waals surface area contributed by atoms with Crippen molar-refractivity contribution in [1.29, 1.82) is 0 Å². The normalized spacial score (nSPS) is 13.5. The number of benzene rings is 3. The van der Waals surface area contributed by atoms with Gasteiger partial charge in [0.2, 0.25) is 17.7 Å². The SMILES string of the molecule is CN(C(=O)C=CCC(C)(C)N)[C@H](Cc1ccc2ccccc2c1)C(=O)N(C)[C@H](Cc1ccccc1)C(=O)NCC(C)(C)CO.